The summed E-state index contributed by atoms with van der Waals surface area (Å²) in [5.74, 6) is 0.911. The number of nitrogens with zero attached hydrogens (tertiary/aromatic N) is 5. The third-order valence-corrected chi connectivity index (χ3v) is 10.4. The lowest BCUT2D eigenvalue weighted by atomic mass is 9.90. The van der Waals surface area contributed by atoms with Crippen molar-refractivity contribution >= 4 is 39.7 Å². The molecule has 2 saturated heterocycles. The Hall–Kier alpha value is -6.35. The summed E-state index contributed by atoms with van der Waals surface area (Å²) in [5.41, 5.74) is 14.3. The van der Waals surface area contributed by atoms with Crippen molar-refractivity contribution < 1.29 is 28.5 Å². The average molecular weight is 754 g/mol. The third-order valence-electron chi connectivity index (χ3n) is 10.4. The van der Waals surface area contributed by atoms with E-state index >= 15 is 0 Å². The summed E-state index contributed by atoms with van der Waals surface area (Å²) < 4.78 is 26.1. The van der Waals surface area contributed by atoms with Gasteiger partial charge in [0.1, 0.15) is 36.7 Å². The second kappa shape index (κ2) is 15.4. The number of nitrogen functional groups attached to an aromatic ring is 1. The van der Waals surface area contributed by atoms with Crippen LogP contribution in [0.5, 0.6) is 5.88 Å². The van der Waals surface area contributed by atoms with Crippen LogP contribution < -0.4 is 30.6 Å². The first-order valence-corrected chi connectivity index (χ1v) is 18.7. The number of aliphatic hydroxyl groups excluding tert-OH is 1. The Labute approximate surface area is 321 Å². The number of nitrogens with two attached hydrogens (primary N) is 1. The third kappa shape index (κ3) is 7.12. The van der Waals surface area contributed by atoms with Gasteiger partial charge in [0.25, 0.3) is 5.91 Å². The van der Waals surface area contributed by atoms with Gasteiger partial charge >= 0.3 is 0 Å². The van der Waals surface area contributed by atoms with Gasteiger partial charge in [-0.15, -0.1) is 0 Å². The minimum atomic E-state index is -0.250. The minimum absolute atomic E-state index is 0.0841. The summed E-state index contributed by atoms with van der Waals surface area (Å²) in [5, 5.41) is 15.8. The first-order valence-electron chi connectivity index (χ1n) is 18.7. The number of carbonyl (C=O) groups is 1. The smallest absolute Gasteiger partial charge is 0.251 e. The normalized spacial score (nSPS) is 14.8. The number of aromatic amines is 1. The summed E-state index contributed by atoms with van der Waals surface area (Å²) in [7, 11) is 0. The van der Waals surface area contributed by atoms with Crippen molar-refractivity contribution in [2.45, 2.75) is 19.8 Å². The highest BCUT2D eigenvalue weighted by Gasteiger charge is 2.23. The van der Waals surface area contributed by atoms with Crippen LogP contribution in [0.3, 0.4) is 0 Å². The Morgan fingerprint density at radius 3 is 2.52 bits per heavy atom. The summed E-state index contributed by atoms with van der Waals surface area (Å²) in [6.45, 7) is 6.29. The lowest BCUT2D eigenvalue weighted by molar-refractivity contribution is 0.0950. The zero-order chi connectivity index (χ0) is 38.0. The molecule has 14 nitrogen and oxygen atoms in total. The lowest BCUT2D eigenvalue weighted by Gasteiger charge is -2.29. The highest BCUT2D eigenvalue weighted by Crippen LogP contribution is 2.42. The van der Waals surface area contributed by atoms with Crippen LogP contribution in [0.2, 0.25) is 0 Å². The van der Waals surface area contributed by atoms with Crippen molar-refractivity contribution in [1.82, 2.24) is 29.8 Å². The quantitative estimate of drug-likeness (QED) is 0.123. The Kier molecular flexibility index (Phi) is 9.73. The van der Waals surface area contributed by atoms with Crippen molar-refractivity contribution in [2.24, 2.45) is 0 Å². The molecule has 0 unspecified atom stereocenters. The SMILES string of the molecule is Nc1nc(OCc2ccc(CNC(=O)c3ccc(-c4c5ccc(=[N+]6CCOCC6)cc-5oc5cc(N6CCOCC6)ccc45)c(CO)c3)cc2)c2[nH]cnc2n1. The molecule has 2 aromatic heterocycles. The molecule has 3 aliphatic heterocycles. The van der Waals surface area contributed by atoms with E-state index in [2.05, 4.69) is 71.1 Å². The van der Waals surface area contributed by atoms with E-state index < -0.39 is 0 Å². The van der Waals surface area contributed by atoms with Gasteiger partial charge in [-0.05, 0) is 52.6 Å². The second-order valence-electron chi connectivity index (χ2n) is 13.8. The number of anilines is 2. The zero-order valence-electron chi connectivity index (χ0n) is 30.7. The topological polar surface area (TPSA) is 177 Å². The number of H-pyrrole nitrogens is 1. The molecule has 4 aliphatic rings. The van der Waals surface area contributed by atoms with Gasteiger partial charge in [-0.3, -0.25) is 4.79 Å². The molecular formula is C42H41N8O6+. The zero-order valence-corrected chi connectivity index (χ0v) is 30.7. The fraction of sp³-hybridized carbons (Fsp3) is 0.262. The molecule has 0 radical (unpaired) electrons. The Morgan fingerprint density at radius 1 is 0.911 bits per heavy atom. The van der Waals surface area contributed by atoms with Crippen molar-refractivity contribution in [2.75, 3.05) is 63.2 Å². The number of rotatable bonds is 9. The molecule has 1 aliphatic carbocycles. The van der Waals surface area contributed by atoms with Crippen molar-refractivity contribution in [1.29, 1.82) is 0 Å². The molecule has 0 spiro atoms. The standard InChI is InChI=1S/C42H40N8O6/c43-42-47-39-38(45-25-46-39)41(48-42)55-24-27-3-1-26(2-4-27)22-44-40(52)28-5-8-32(29(19-28)23-51)37-33-9-6-30(49-11-15-53-16-12-49)20-35(33)56-36-21-31(7-10-34(36)37)50-13-17-54-18-14-50/h1-10,19-21,25,43-44,51-52H,11-18,22-24H2/p+1. The minimum Gasteiger partial charge on any atom is -0.471 e. The van der Waals surface area contributed by atoms with Crippen molar-refractivity contribution in [3.63, 3.8) is 0 Å². The van der Waals surface area contributed by atoms with Crippen molar-refractivity contribution in [3.05, 3.63) is 113 Å². The van der Waals surface area contributed by atoms with E-state index in [-0.39, 0.29) is 25.1 Å². The van der Waals surface area contributed by atoms with Gasteiger partial charge in [0.2, 0.25) is 17.2 Å². The van der Waals surface area contributed by atoms with Gasteiger partial charge < -0.3 is 44.7 Å². The summed E-state index contributed by atoms with van der Waals surface area (Å²) in [4.78, 5) is 31.2. The van der Waals surface area contributed by atoms with E-state index in [0.717, 1.165) is 81.8 Å². The molecule has 3 aromatic carbocycles. The maximum Gasteiger partial charge on any atom is 0.251 e. The highest BCUT2D eigenvalue weighted by molar-refractivity contribution is 6.04. The molecule has 2 fully saturated rings. The first-order chi connectivity index (χ1) is 27.5. The van der Waals surface area contributed by atoms with Crippen LogP contribution in [-0.2, 0) is 29.2 Å². The average Bonchev–Trinajstić information content (AvgIpc) is 3.73. The molecule has 5 heterocycles. The van der Waals surface area contributed by atoms with Crippen molar-refractivity contribution in [3.8, 4) is 28.3 Å². The number of carbonyl (C=O) groups excluding carboxylic acids is 1. The van der Waals surface area contributed by atoms with Crippen LogP contribution in [-0.4, -0.2) is 83.6 Å². The number of ether oxygens (including phenoxy) is 3. The van der Waals surface area contributed by atoms with E-state index in [9.17, 15) is 9.90 Å². The molecule has 1 amide bonds. The molecule has 5 N–H and O–H groups in total. The molecule has 14 heteroatoms. The van der Waals surface area contributed by atoms with Crippen LogP contribution >= 0.6 is 0 Å². The fourth-order valence-electron chi connectivity index (χ4n) is 7.42. The lowest BCUT2D eigenvalue weighted by Crippen LogP contribution is -2.39. The first kappa shape index (κ1) is 35.4. The predicted octanol–water partition coefficient (Wildman–Crippen LogP) is 4.09. The van der Waals surface area contributed by atoms with Gasteiger partial charge in [-0.25, -0.2) is 9.56 Å². The van der Waals surface area contributed by atoms with Crippen LogP contribution in [0.15, 0.2) is 89.6 Å². The number of aliphatic hydroxyl groups is 1. The van der Waals surface area contributed by atoms with Gasteiger partial charge in [0, 0.05) is 59.5 Å². The van der Waals surface area contributed by atoms with E-state index in [4.69, 9.17) is 24.4 Å². The largest absolute Gasteiger partial charge is 0.471 e. The van der Waals surface area contributed by atoms with Crippen LogP contribution in [0.25, 0.3) is 44.6 Å². The van der Waals surface area contributed by atoms with E-state index in [1.165, 1.54) is 6.33 Å². The molecule has 284 valence electrons. The fourth-order valence-corrected chi connectivity index (χ4v) is 7.42. The molecule has 0 atom stereocenters. The Bertz CT molecular complexity index is 2590. The second-order valence-corrected chi connectivity index (χ2v) is 13.8. The number of nitrogens with one attached hydrogen (secondary N) is 2. The van der Waals surface area contributed by atoms with Gasteiger partial charge in [-0.2, -0.15) is 9.97 Å². The summed E-state index contributed by atoms with van der Waals surface area (Å²) in [6.07, 6.45) is 1.51. The number of fused-ring (bicyclic) bond motifs is 3. The Morgan fingerprint density at radius 2 is 1.70 bits per heavy atom. The number of benzene rings is 4. The Balaban J connectivity index is 0.971. The molecule has 9 rings (SSSR count). The monoisotopic (exact) mass is 753 g/mol. The number of hydrogen-bond acceptors (Lipinski definition) is 11. The molecule has 0 bridgehead atoms. The van der Waals surface area contributed by atoms with Crippen LogP contribution in [0.1, 0.15) is 27.0 Å². The molecule has 56 heavy (non-hydrogen) atoms. The summed E-state index contributed by atoms with van der Waals surface area (Å²) >= 11 is 0. The van der Waals surface area contributed by atoms with Gasteiger partial charge in [0.05, 0.1) is 32.2 Å². The predicted molar refractivity (Wildman–Crippen MR) is 211 cm³/mol. The van der Waals surface area contributed by atoms with E-state index in [1.54, 1.807) is 6.07 Å². The number of aromatic nitrogens is 4. The van der Waals surface area contributed by atoms with Gasteiger partial charge in [0.15, 0.2) is 18.7 Å². The van der Waals surface area contributed by atoms with E-state index in [0.29, 0.717) is 61.1 Å². The summed E-state index contributed by atoms with van der Waals surface area (Å²) in [6, 6.07) is 25.9. The van der Waals surface area contributed by atoms with E-state index in [1.807, 2.05) is 36.4 Å². The number of morpholine rings is 2. The molecule has 0 saturated carbocycles. The van der Waals surface area contributed by atoms with Gasteiger partial charge in [-0.1, -0.05) is 30.3 Å². The molecular weight excluding hydrogens is 713 g/mol. The van der Waals surface area contributed by atoms with Crippen LogP contribution in [0, 0.1) is 0 Å². The number of imidazole rings is 1. The number of amides is 1. The van der Waals surface area contributed by atoms with Crippen LogP contribution in [0.4, 0.5) is 11.6 Å². The highest BCUT2D eigenvalue weighted by atomic mass is 16.5. The maximum atomic E-state index is 13.5. The molecule has 5 aromatic rings. The maximum absolute atomic E-state index is 13.5. The number of hydrogen-bond donors (Lipinski definition) is 4.